The minimum atomic E-state index is -0.283. The first-order valence-corrected chi connectivity index (χ1v) is 5.42. The summed E-state index contributed by atoms with van der Waals surface area (Å²) in [5.74, 6) is -0.655. The SMILES string of the molecule is CCN(CC(C)C#N)C(=O)c1ccncc1O. The molecule has 0 aliphatic rings. The molecule has 5 heteroatoms. The second-order valence-corrected chi connectivity index (χ2v) is 3.77. The summed E-state index contributed by atoms with van der Waals surface area (Å²) in [6.07, 6.45) is 2.68. The Hall–Kier alpha value is -2.09. The van der Waals surface area contributed by atoms with Crippen molar-refractivity contribution in [2.45, 2.75) is 13.8 Å². The molecule has 0 fully saturated rings. The van der Waals surface area contributed by atoms with Gasteiger partial charge in [-0.1, -0.05) is 0 Å². The van der Waals surface area contributed by atoms with Gasteiger partial charge in [-0.15, -0.1) is 0 Å². The molecule has 1 atom stereocenters. The van der Waals surface area contributed by atoms with E-state index in [-0.39, 0.29) is 23.1 Å². The van der Waals surface area contributed by atoms with E-state index >= 15 is 0 Å². The van der Waals surface area contributed by atoms with Crippen LogP contribution in [0.1, 0.15) is 24.2 Å². The van der Waals surface area contributed by atoms with E-state index in [1.807, 2.05) is 6.92 Å². The third-order valence-corrected chi connectivity index (χ3v) is 2.41. The Balaban J connectivity index is 2.88. The molecular weight excluding hydrogens is 218 g/mol. The highest BCUT2D eigenvalue weighted by Gasteiger charge is 2.19. The largest absolute Gasteiger partial charge is 0.505 e. The number of aromatic nitrogens is 1. The molecule has 1 N–H and O–H groups in total. The van der Waals surface area contributed by atoms with Gasteiger partial charge in [-0.2, -0.15) is 5.26 Å². The van der Waals surface area contributed by atoms with Crippen molar-refractivity contribution in [3.63, 3.8) is 0 Å². The van der Waals surface area contributed by atoms with Crippen molar-refractivity contribution < 1.29 is 9.90 Å². The summed E-state index contributed by atoms with van der Waals surface area (Å²) in [5, 5.41) is 18.3. The molecule has 0 saturated heterocycles. The van der Waals surface area contributed by atoms with E-state index < -0.39 is 0 Å². The number of carbonyl (C=O) groups is 1. The lowest BCUT2D eigenvalue weighted by atomic mass is 10.1. The Morgan fingerprint density at radius 1 is 1.71 bits per heavy atom. The van der Waals surface area contributed by atoms with E-state index in [0.717, 1.165) is 0 Å². The molecule has 0 saturated carbocycles. The summed E-state index contributed by atoms with van der Waals surface area (Å²) in [6.45, 7) is 4.43. The van der Waals surface area contributed by atoms with E-state index in [0.29, 0.717) is 13.1 Å². The van der Waals surface area contributed by atoms with Gasteiger partial charge in [0.05, 0.1) is 23.7 Å². The fraction of sp³-hybridized carbons (Fsp3) is 0.417. The summed E-state index contributed by atoms with van der Waals surface area (Å²) in [6, 6.07) is 3.55. The number of nitrogens with zero attached hydrogens (tertiary/aromatic N) is 3. The van der Waals surface area contributed by atoms with Crippen molar-refractivity contribution in [3.05, 3.63) is 24.0 Å². The molecule has 0 bridgehead atoms. The number of aromatic hydroxyl groups is 1. The molecule has 1 aromatic heterocycles. The van der Waals surface area contributed by atoms with Crippen LogP contribution in [0.4, 0.5) is 0 Å². The molecule has 0 radical (unpaired) electrons. The minimum Gasteiger partial charge on any atom is -0.505 e. The second-order valence-electron chi connectivity index (χ2n) is 3.77. The molecular formula is C12H15N3O2. The van der Waals surface area contributed by atoms with Gasteiger partial charge in [0, 0.05) is 19.3 Å². The number of amides is 1. The van der Waals surface area contributed by atoms with Crippen LogP contribution in [0.3, 0.4) is 0 Å². The van der Waals surface area contributed by atoms with Crippen molar-refractivity contribution in [2.75, 3.05) is 13.1 Å². The molecule has 1 rings (SSSR count). The van der Waals surface area contributed by atoms with Crippen LogP contribution >= 0.6 is 0 Å². The maximum Gasteiger partial charge on any atom is 0.257 e. The molecule has 1 unspecified atom stereocenters. The highest BCUT2D eigenvalue weighted by molar-refractivity contribution is 5.96. The first-order valence-electron chi connectivity index (χ1n) is 5.42. The van der Waals surface area contributed by atoms with Crippen molar-refractivity contribution in [1.82, 2.24) is 9.88 Å². The third-order valence-electron chi connectivity index (χ3n) is 2.41. The van der Waals surface area contributed by atoms with Crippen LogP contribution in [0.25, 0.3) is 0 Å². The maximum absolute atomic E-state index is 12.1. The monoisotopic (exact) mass is 233 g/mol. The predicted octanol–water partition coefficient (Wildman–Crippen LogP) is 1.41. The fourth-order valence-electron chi connectivity index (χ4n) is 1.46. The predicted molar refractivity (Wildman–Crippen MR) is 62.3 cm³/mol. The Morgan fingerprint density at radius 2 is 2.41 bits per heavy atom. The van der Waals surface area contributed by atoms with Gasteiger partial charge in [-0.3, -0.25) is 9.78 Å². The lowest BCUT2D eigenvalue weighted by Crippen LogP contribution is -2.34. The zero-order valence-electron chi connectivity index (χ0n) is 9.92. The molecule has 17 heavy (non-hydrogen) atoms. The van der Waals surface area contributed by atoms with Crippen molar-refractivity contribution in [1.29, 1.82) is 5.26 Å². The summed E-state index contributed by atoms with van der Waals surface area (Å²) >= 11 is 0. The second kappa shape index (κ2) is 5.85. The van der Waals surface area contributed by atoms with Crippen molar-refractivity contribution in [2.24, 2.45) is 5.92 Å². The standard InChI is InChI=1S/C12H15N3O2/c1-3-15(8-9(2)6-13)12(17)10-4-5-14-7-11(10)16/h4-5,7,9,16H,3,8H2,1-2H3. The lowest BCUT2D eigenvalue weighted by Gasteiger charge is -2.22. The average molecular weight is 233 g/mol. The average Bonchev–Trinajstić information content (AvgIpc) is 2.35. The van der Waals surface area contributed by atoms with Crippen LogP contribution in [0.2, 0.25) is 0 Å². The number of hydrogen-bond acceptors (Lipinski definition) is 4. The topological polar surface area (TPSA) is 77.2 Å². The van der Waals surface area contributed by atoms with Crippen LogP contribution in [0.5, 0.6) is 5.75 Å². The van der Waals surface area contributed by atoms with Crippen LogP contribution in [0, 0.1) is 17.2 Å². The lowest BCUT2D eigenvalue weighted by molar-refractivity contribution is 0.0749. The van der Waals surface area contributed by atoms with E-state index in [9.17, 15) is 9.90 Å². The summed E-state index contributed by atoms with van der Waals surface area (Å²) < 4.78 is 0. The van der Waals surface area contributed by atoms with Crippen LogP contribution < -0.4 is 0 Å². The molecule has 0 aliphatic heterocycles. The molecule has 1 aromatic rings. The van der Waals surface area contributed by atoms with E-state index in [1.165, 1.54) is 23.4 Å². The normalized spacial score (nSPS) is 11.6. The van der Waals surface area contributed by atoms with Gasteiger partial charge in [-0.25, -0.2) is 0 Å². The maximum atomic E-state index is 12.1. The molecule has 90 valence electrons. The summed E-state index contributed by atoms with van der Waals surface area (Å²) in [7, 11) is 0. The van der Waals surface area contributed by atoms with Gasteiger partial charge < -0.3 is 10.0 Å². The van der Waals surface area contributed by atoms with Crippen molar-refractivity contribution >= 4 is 5.91 Å². The Labute approximate surface area is 100 Å². The van der Waals surface area contributed by atoms with Gasteiger partial charge in [0.1, 0.15) is 5.75 Å². The molecule has 0 spiro atoms. The Bertz CT molecular complexity index is 440. The first kappa shape index (κ1) is 13.0. The van der Waals surface area contributed by atoms with Gasteiger partial charge in [0.2, 0.25) is 0 Å². The smallest absolute Gasteiger partial charge is 0.257 e. The van der Waals surface area contributed by atoms with Gasteiger partial charge in [0.15, 0.2) is 0 Å². The van der Waals surface area contributed by atoms with Crippen LogP contribution in [-0.2, 0) is 0 Å². The number of nitriles is 1. The van der Waals surface area contributed by atoms with Gasteiger partial charge in [0.25, 0.3) is 5.91 Å². The number of hydrogen-bond donors (Lipinski definition) is 1. The molecule has 5 nitrogen and oxygen atoms in total. The number of rotatable bonds is 4. The van der Waals surface area contributed by atoms with Crippen LogP contribution in [-0.4, -0.2) is 34.0 Å². The van der Waals surface area contributed by atoms with Gasteiger partial charge in [-0.05, 0) is 19.9 Å². The van der Waals surface area contributed by atoms with E-state index in [1.54, 1.807) is 6.92 Å². The highest BCUT2D eigenvalue weighted by atomic mass is 16.3. The summed E-state index contributed by atoms with van der Waals surface area (Å²) in [4.78, 5) is 17.3. The molecule has 1 heterocycles. The van der Waals surface area contributed by atoms with E-state index in [2.05, 4.69) is 11.1 Å². The Kier molecular flexibility index (Phi) is 4.46. The minimum absolute atomic E-state index is 0.138. The third kappa shape index (κ3) is 3.18. The quantitative estimate of drug-likeness (QED) is 0.852. The fourth-order valence-corrected chi connectivity index (χ4v) is 1.46. The zero-order chi connectivity index (χ0) is 12.8. The van der Waals surface area contributed by atoms with Gasteiger partial charge >= 0.3 is 0 Å². The van der Waals surface area contributed by atoms with Crippen LogP contribution in [0.15, 0.2) is 18.5 Å². The number of carbonyl (C=O) groups excluding carboxylic acids is 1. The number of pyridine rings is 1. The first-order chi connectivity index (χ1) is 8.10. The molecule has 1 amide bonds. The molecule has 0 aliphatic carbocycles. The van der Waals surface area contributed by atoms with E-state index in [4.69, 9.17) is 5.26 Å². The summed E-state index contributed by atoms with van der Waals surface area (Å²) in [5.41, 5.74) is 0.215. The van der Waals surface area contributed by atoms with Crippen molar-refractivity contribution in [3.8, 4) is 11.8 Å². The Morgan fingerprint density at radius 3 is 2.94 bits per heavy atom. The molecule has 0 aromatic carbocycles. The highest BCUT2D eigenvalue weighted by Crippen LogP contribution is 2.17. The zero-order valence-corrected chi connectivity index (χ0v) is 9.92.